The lowest BCUT2D eigenvalue weighted by Gasteiger charge is -2.12. The molecule has 0 aliphatic carbocycles. The Morgan fingerprint density at radius 3 is 2.53 bits per heavy atom. The van der Waals surface area contributed by atoms with E-state index in [0.29, 0.717) is 23.8 Å². The quantitative estimate of drug-likeness (QED) is 0.481. The second-order valence-corrected chi connectivity index (χ2v) is 6.96. The van der Waals surface area contributed by atoms with Crippen molar-refractivity contribution in [1.82, 2.24) is 0 Å². The van der Waals surface area contributed by atoms with E-state index in [1.807, 2.05) is 61.5 Å². The zero-order valence-corrected chi connectivity index (χ0v) is 17.4. The van der Waals surface area contributed by atoms with E-state index in [1.165, 1.54) is 5.56 Å². The van der Waals surface area contributed by atoms with E-state index in [-0.39, 0.29) is 12.5 Å². The smallest absolute Gasteiger partial charge is 0.262 e. The molecular weight excluding hydrogens is 378 g/mol. The average Bonchev–Trinajstić information content (AvgIpc) is 2.77. The van der Waals surface area contributed by atoms with E-state index in [2.05, 4.69) is 17.4 Å². The lowest BCUT2D eigenvalue weighted by molar-refractivity contribution is -0.118. The van der Waals surface area contributed by atoms with Gasteiger partial charge in [-0.3, -0.25) is 4.79 Å². The van der Waals surface area contributed by atoms with Gasteiger partial charge in [-0.05, 0) is 55.2 Å². The van der Waals surface area contributed by atoms with Crippen LogP contribution >= 0.6 is 0 Å². The van der Waals surface area contributed by atoms with Crippen molar-refractivity contribution in [2.24, 2.45) is 0 Å². The molecule has 0 spiro atoms. The normalized spacial score (nSPS) is 10.3. The molecule has 0 heterocycles. The lowest BCUT2D eigenvalue weighted by Crippen LogP contribution is -2.20. The van der Waals surface area contributed by atoms with Crippen LogP contribution in [-0.2, 0) is 11.2 Å². The number of ether oxygens (including phenoxy) is 3. The van der Waals surface area contributed by atoms with Gasteiger partial charge < -0.3 is 19.5 Å². The molecule has 156 valence electrons. The Bertz CT molecular complexity index is 956. The molecule has 0 radical (unpaired) electrons. The van der Waals surface area contributed by atoms with Crippen LogP contribution in [0.15, 0.2) is 72.8 Å². The summed E-state index contributed by atoms with van der Waals surface area (Å²) in [6, 6.07) is 23.3. The first-order valence-corrected chi connectivity index (χ1v) is 9.98. The number of anilines is 1. The summed E-state index contributed by atoms with van der Waals surface area (Å²) in [6.45, 7) is 2.47. The molecule has 1 N–H and O–H groups in total. The molecule has 30 heavy (non-hydrogen) atoms. The second-order valence-electron chi connectivity index (χ2n) is 6.96. The molecule has 3 aromatic carbocycles. The number of amides is 1. The van der Waals surface area contributed by atoms with Gasteiger partial charge in [0.15, 0.2) is 18.1 Å². The number of benzene rings is 3. The molecule has 0 aliphatic rings. The Labute approximate surface area is 177 Å². The van der Waals surface area contributed by atoms with Crippen LogP contribution < -0.4 is 19.5 Å². The van der Waals surface area contributed by atoms with E-state index in [0.717, 1.165) is 24.2 Å². The third kappa shape index (κ3) is 6.55. The Morgan fingerprint density at radius 1 is 0.900 bits per heavy atom. The number of hydrogen-bond acceptors (Lipinski definition) is 4. The Hall–Kier alpha value is -3.47. The van der Waals surface area contributed by atoms with Crippen LogP contribution in [0.25, 0.3) is 0 Å². The fourth-order valence-corrected chi connectivity index (χ4v) is 3.01. The van der Waals surface area contributed by atoms with E-state index in [9.17, 15) is 4.79 Å². The van der Waals surface area contributed by atoms with Crippen LogP contribution in [0.2, 0.25) is 0 Å². The number of aryl methyl sites for hydroxylation is 2. The molecule has 3 rings (SSSR count). The number of carbonyl (C=O) groups excluding carboxylic acids is 1. The van der Waals surface area contributed by atoms with Gasteiger partial charge in [0.2, 0.25) is 0 Å². The lowest BCUT2D eigenvalue weighted by atomic mass is 10.1. The number of carbonyl (C=O) groups is 1. The highest BCUT2D eigenvalue weighted by Crippen LogP contribution is 2.27. The number of nitrogens with one attached hydrogen (secondary N) is 1. The molecular formula is C25H27NO4. The topological polar surface area (TPSA) is 56.8 Å². The van der Waals surface area contributed by atoms with Crippen molar-refractivity contribution < 1.29 is 19.0 Å². The predicted molar refractivity (Wildman–Crippen MR) is 119 cm³/mol. The maximum Gasteiger partial charge on any atom is 0.262 e. The first kappa shape index (κ1) is 21.2. The first-order chi connectivity index (χ1) is 14.6. The van der Waals surface area contributed by atoms with Crippen LogP contribution in [0.4, 0.5) is 5.69 Å². The molecule has 0 saturated heterocycles. The number of methoxy groups -OCH3 is 1. The van der Waals surface area contributed by atoms with Crippen molar-refractivity contribution in [2.45, 2.75) is 19.8 Å². The van der Waals surface area contributed by atoms with Crippen LogP contribution in [0, 0.1) is 6.92 Å². The van der Waals surface area contributed by atoms with Crippen molar-refractivity contribution in [2.75, 3.05) is 25.6 Å². The van der Waals surface area contributed by atoms with Gasteiger partial charge in [-0.25, -0.2) is 0 Å². The van der Waals surface area contributed by atoms with Gasteiger partial charge in [-0.15, -0.1) is 0 Å². The van der Waals surface area contributed by atoms with Gasteiger partial charge in [-0.1, -0.05) is 42.5 Å². The number of hydrogen-bond donors (Lipinski definition) is 1. The molecule has 0 aliphatic heterocycles. The molecule has 0 atom stereocenters. The van der Waals surface area contributed by atoms with E-state index in [4.69, 9.17) is 14.2 Å². The summed E-state index contributed by atoms with van der Waals surface area (Å²) in [5.41, 5.74) is 3.02. The fourth-order valence-electron chi connectivity index (χ4n) is 3.01. The largest absolute Gasteiger partial charge is 0.494 e. The van der Waals surface area contributed by atoms with E-state index in [1.54, 1.807) is 13.2 Å². The fraction of sp³-hybridized carbons (Fsp3) is 0.240. The van der Waals surface area contributed by atoms with Gasteiger partial charge in [-0.2, -0.15) is 0 Å². The monoisotopic (exact) mass is 405 g/mol. The van der Waals surface area contributed by atoms with Crippen LogP contribution in [0.1, 0.15) is 17.5 Å². The molecule has 0 fully saturated rings. The maximum atomic E-state index is 12.3. The zero-order chi connectivity index (χ0) is 21.2. The summed E-state index contributed by atoms with van der Waals surface area (Å²) < 4.78 is 16.7. The van der Waals surface area contributed by atoms with Crippen molar-refractivity contribution in [3.63, 3.8) is 0 Å². The molecule has 3 aromatic rings. The Balaban J connectivity index is 1.45. The molecule has 0 unspecified atom stereocenters. The maximum absolute atomic E-state index is 12.3. The third-order valence-corrected chi connectivity index (χ3v) is 4.52. The van der Waals surface area contributed by atoms with E-state index >= 15 is 0 Å². The second kappa shape index (κ2) is 10.9. The van der Waals surface area contributed by atoms with Gasteiger partial charge in [0.05, 0.1) is 13.7 Å². The van der Waals surface area contributed by atoms with Crippen molar-refractivity contribution in [1.29, 1.82) is 0 Å². The SMILES string of the molecule is COc1cc(C)ccc1OCC(=O)Nc1cccc(OCCCc2ccccc2)c1. The number of rotatable bonds is 10. The minimum atomic E-state index is -0.251. The van der Waals surface area contributed by atoms with Crippen LogP contribution in [0.3, 0.4) is 0 Å². The van der Waals surface area contributed by atoms with Crippen molar-refractivity contribution in [3.05, 3.63) is 83.9 Å². The molecule has 0 aromatic heterocycles. The first-order valence-electron chi connectivity index (χ1n) is 9.98. The standard InChI is InChI=1S/C25H27NO4/c1-19-13-14-23(24(16-19)28-2)30-18-25(27)26-21-11-6-12-22(17-21)29-15-7-10-20-8-4-3-5-9-20/h3-6,8-9,11-14,16-17H,7,10,15,18H2,1-2H3,(H,26,27). The Kier molecular flexibility index (Phi) is 7.72. The molecule has 1 amide bonds. The highest BCUT2D eigenvalue weighted by Gasteiger charge is 2.09. The van der Waals surface area contributed by atoms with Gasteiger partial charge in [0.25, 0.3) is 5.91 Å². The summed E-state index contributed by atoms with van der Waals surface area (Å²) >= 11 is 0. The van der Waals surface area contributed by atoms with Crippen LogP contribution in [-0.4, -0.2) is 26.2 Å². The summed E-state index contributed by atoms with van der Waals surface area (Å²) in [5.74, 6) is 1.61. The van der Waals surface area contributed by atoms with Crippen molar-refractivity contribution >= 4 is 11.6 Å². The summed E-state index contributed by atoms with van der Waals surface area (Å²) in [4.78, 5) is 12.3. The molecule has 5 heteroatoms. The highest BCUT2D eigenvalue weighted by molar-refractivity contribution is 5.92. The highest BCUT2D eigenvalue weighted by atomic mass is 16.5. The summed E-state index contributed by atoms with van der Waals surface area (Å²) in [6.07, 6.45) is 1.89. The van der Waals surface area contributed by atoms with Gasteiger partial charge in [0, 0.05) is 11.8 Å². The minimum Gasteiger partial charge on any atom is -0.494 e. The molecule has 0 bridgehead atoms. The third-order valence-electron chi connectivity index (χ3n) is 4.52. The van der Waals surface area contributed by atoms with Crippen LogP contribution in [0.5, 0.6) is 17.2 Å². The van der Waals surface area contributed by atoms with Gasteiger partial charge in [0.1, 0.15) is 5.75 Å². The summed E-state index contributed by atoms with van der Waals surface area (Å²) in [5, 5.41) is 2.83. The molecule has 0 saturated carbocycles. The van der Waals surface area contributed by atoms with Crippen molar-refractivity contribution in [3.8, 4) is 17.2 Å². The zero-order valence-electron chi connectivity index (χ0n) is 17.4. The minimum absolute atomic E-state index is 0.110. The summed E-state index contributed by atoms with van der Waals surface area (Å²) in [7, 11) is 1.58. The predicted octanol–water partition coefficient (Wildman–Crippen LogP) is 5.03. The van der Waals surface area contributed by atoms with Gasteiger partial charge >= 0.3 is 0 Å². The Morgan fingerprint density at radius 2 is 1.73 bits per heavy atom. The molecule has 5 nitrogen and oxygen atoms in total. The van der Waals surface area contributed by atoms with E-state index < -0.39 is 0 Å². The average molecular weight is 405 g/mol.